The predicted molar refractivity (Wildman–Crippen MR) is 245 cm³/mol. The lowest BCUT2D eigenvalue weighted by Crippen LogP contribution is -2.19. The van der Waals surface area contributed by atoms with Crippen molar-refractivity contribution in [2.24, 2.45) is 4.99 Å². The minimum absolute atomic E-state index is 0.00314. The van der Waals surface area contributed by atoms with Gasteiger partial charge in [-0.1, -0.05) is 178 Å². The molecule has 1 atom stereocenters. The van der Waals surface area contributed by atoms with E-state index in [9.17, 15) is 0 Å². The normalized spacial score (nSPS) is 14.2. The number of hydrogen-bond acceptors (Lipinski definition) is 4. The highest BCUT2D eigenvalue weighted by atomic mass is 15.1. The van der Waals surface area contributed by atoms with Crippen molar-refractivity contribution in [3.05, 3.63) is 185 Å². The van der Waals surface area contributed by atoms with E-state index in [4.69, 9.17) is 15.0 Å². The quantitative estimate of drug-likeness (QED) is 0.176. The summed E-state index contributed by atoms with van der Waals surface area (Å²) in [6.45, 7) is 20.4. The molecule has 0 radical (unpaired) electrons. The van der Waals surface area contributed by atoms with Crippen LogP contribution in [0.4, 0.5) is 17.3 Å². The van der Waals surface area contributed by atoms with Crippen molar-refractivity contribution in [2.75, 3.05) is 5.32 Å². The molecule has 3 heterocycles. The number of rotatable bonds is 7. The fourth-order valence-corrected chi connectivity index (χ4v) is 7.81. The maximum Gasteiger partial charge on any atom is 0.132 e. The van der Waals surface area contributed by atoms with E-state index in [-0.39, 0.29) is 22.2 Å². The monoisotopic (exact) mass is 758 g/mol. The number of benzene rings is 5. The molecule has 0 spiro atoms. The number of nitrogens with zero attached hydrogens (tertiary/aromatic N) is 3. The molecular formula is C54H54N4. The summed E-state index contributed by atoms with van der Waals surface area (Å²) in [4.78, 5) is 16.1. The third-order valence-electron chi connectivity index (χ3n) is 11.2. The first-order chi connectivity index (χ1) is 27.6. The van der Waals surface area contributed by atoms with Gasteiger partial charge in [0.25, 0.3) is 0 Å². The zero-order valence-corrected chi connectivity index (χ0v) is 35.4. The molecule has 0 saturated carbocycles. The molecule has 0 fully saturated rings. The van der Waals surface area contributed by atoms with Crippen LogP contribution in [-0.4, -0.2) is 15.7 Å². The predicted octanol–water partition coefficient (Wildman–Crippen LogP) is 14.4. The standard InChI is InChI=1S/C54H54N4/c1-52(2,3)39-24-18-23-37(29-39)46-30-38(35-19-12-10-13-20-35)31-48(55-46)58-49-34-41(54(7,8)9)33-47(56-49)51-50(43-25-16-17-26-45(43)57-51)42-28-27-40(53(4,5)6)32-44(42)36-21-14-11-15-22-36/h10-34,50H,1-9H3,(H,55,56,58). The van der Waals surface area contributed by atoms with Crippen molar-refractivity contribution in [3.63, 3.8) is 0 Å². The number of anilines is 2. The van der Waals surface area contributed by atoms with Gasteiger partial charge in [0, 0.05) is 5.56 Å². The van der Waals surface area contributed by atoms with E-state index >= 15 is 0 Å². The second-order valence-corrected chi connectivity index (χ2v) is 18.7. The molecule has 58 heavy (non-hydrogen) atoms. The third-order valence-corrected chi connectivity index (χ3v) is 11.2. The van der Waals surface area contributed by atoms with Gasteiger partial charge >= 0.3 is 0 Å². The highest BCUT2D eigenvalue weighted by Gasteiger charge is 2.34. The number of hydrogen-bond donors (Lipinski definition) is 1. The maximum absolute atomic E-state index is 5.41. The number of fused-ring (bicyclic) bond motifs is 1. The van der Waals surface area contributed by atoms with Gasteiger partial charge in [-0.25, -0.2) is 15.0 Å². The molecule has 4 nitrogen and oxygen atoms in total. The molecule has 1 aliphatic rings. The molecule has 290 valence electrons. The second kappa shape index (κ2) is 15.0. The molecule has 0 saturated heterocycles. The summed E-state index contributed by atoms with van der Waals surface area (Å²) in [5.74, 6) is 1.36. The average Bonchev–Trinajstić information content (AvgIpc) is 3.60. The lowest BCUT2D eigenvalue weighted by atomic mass is 9.78. The minimum Gasteiger partial charge on any atom is -0.325 e. The molecular weight excluding hydrogens is 705 g/mol. The van der Waals surface area contributed by atoms with Gasteiger partial charge < -0.3 is 5.32 Å². The number of aromatic nitrogens is 2. The molecule has 0 amide bonds. The van der Waals surface area contributed by atoms with E-state index in [0.29, 0.717) is 0 Å². The Morgan fingerprint density at radius 3 is 1.69 bits per heavy atom. The van der Waals surface area contributed by atoms with E-state index in [2.05, 4.69) is 219 Å². The Morgan fingerprint density at radius 2 is 1.00 bits per heavy atom. The van der Waals surface area contributed by atoms with Gasteiger partial charge in [-0.15, -0.1) is 0 Å². The van der Waals surface area contributed by atoms with Crippen LogP contribution in [0, 0.1) is 0 Å². The van der Waals surface area contributed by atoms with E-state index in [1.54, 1.807) is 0 Å². The summed E-state index contributed by atoms with van der Waals surface area (Å²) in [7, 11) is 0. The first kappa shape index (κ1) is 38.7. The molecule has 5 aromatic carbocycles. The second-order valence-electron chi connectivity index (χ2n) is 18.7. The maximum atomic E-state index is 5.41. The number of para-hydroxylation sites is 1. The zero-order chi connectivity index (χ0) is 40.8. The number of nitrogens with one attached hydrogen (secondary N) is 1. The fraction of sp³-hybridized carbons (Fsp3) is 0.241. The van der Waals surface area contributed by atoms with Crippen LogP contribution in [-0.2, 0) is 16.2 Å². The van der Waals surface area contributed by atoms with Crippen LogP contribution in [0.1, 0.15) is 102 Å². The Kier molecular flexibility index (Phi) is 10.0. The van der Waals surface area contributed by atoms with Gasteiger partial charge in [0.15, 0.2) is 0 Å². The number of pyridine rings is 2. The van der Waals surface area contributed by atoms with Crippen LogP contribution >= 0.6 is 0 Å². The molecule has 1 unspecified atom stereocenters. The molecule has 2 aromatic heterocycles. The summed E-state index contributed by atoms with van der Waals surface area (Å²) in [6.07, 6.45) is 0. The summed E-state index contributed by atoms with van der Waals surface area (Å²) >= 11 is 0. The molecule has 0 bridgehead atoms. The summed E-state index contributed by atoms with van der Waals surface area (Å²) in [5, 5.41) is 3.71. The molecule has 0 aliphatic carbocycles. The lowest BCUT2D eigenvalue weighted by Gasteiger charge is -2.25. The van der Waals surface area contributed by atoms with Crippen LogP contribution < -0.4 is 5.32 Å². The molecule has 1 aliphatic heterocycles. The van der Waals surface area contributed by atoms with Gasteiger partial charge in [-0.2, -0.15) is 0 Å². The van der Waals surface area contributed by atoms with Gasteiger partial charge in [0.05, 0.1) is 28.7 Å². The van der Waals surface area contributed by atoms with Crippen molar-refractivity contribution in [1.82, 2.24) is 9.97 Å². The molecule has 8 rings (SSSR count). The van der Waals surface area contributed by atoms with Crippen molar-refractivity contribution >= 4 is 23.0 Å². The Labute approximate surface area is 345 Å². The Balaban J connectivity index is 1.28. The minimum atomic E-state index is -0.156. The van der Waals surface area contributed by atoms with Crippen molar-refractivity contribution in [1.29, 1.82) is 0 Å². The smallest absolute Gasteiger partial charge is 0.132 e. The first-order valence-electron chi connectivity index (χ1n) is 20.5. The molecule has 1 N–H and O–H groups in total. The first-order valence-corrected chi connectivity index (χ1v) is 20.5. The fourth-order valence-electron chi connectivity index (χ4n) is 7.81. The van der Waals surface area contributed by atoms with Crippen molar-refractivity contribution in [2.45, 2.75) is 84.5 Å². The van der Waals surface area contributed by atoms with Crippen LogP contribution in [0.2, 0.25) is 0 Å². The summed E-state index contributed by atoms with van der Waals surface area (Å²) < 4.78 is 0. The van der Waals surface area contributed by atoms with E-state index in [1.807, 2.05) is 0 Å². The summed E-state index contributed by atoms with van der Waals surface area (Å²) in [6, 6.07) is 54.4. The lowest BCUT2D eigenvalue weighted by molar-refractivity contribution is 0.589. The van der Waals surface area contributed by atoms with Gasteiger partial charge in [0.2, 0.25) is 0 Å². The van der Waals surface area contributed by atoms with E-state index in [1.165, 1.54) is 38.9 Å². The Morgan fingerprint density at radius 1 is 0.414 bits per heavy atom. The van der Waals surface area contributed by atoms with E-state index < -0.39 is 0 Å². The van der Waals surface area contributed by atoms with Crippen molar-refractivity contribution < 1.29 is 0 Å². The highest BCUT2D eigenvalue weighted by molar-refractivity contribution is 6.11. The van der Waals surface area contributed by atoms with Crippen molar-refractivity contribution in [3.8, 4) is 33.5 Å². The van der Waals surface area contributed by atoms with Gasteiger partial charge in [-0.3, -0.25) is 0 Å². The SMILES string of the molecule is CC(C)(C)c1cccc(-c2cc(-c3ccccc3)cc(Nc3cc(C(C)(C)C)cc(C4=Nc5ccccc5C4c4ccc(C(C)(C)C)cc4-c4ccccc4)n3)n2)c1. The molecule has 7 aromatic rings. The van der Waals surface area contributed by atoms with Gasteiger partial charge in [-0.05, 0) is 103 Å². The number of aliphatic imine (C=N–C) groups is 1. The van der Waals surface area contributed by atoms with Gasteiger partial charge in [0.1, 0.15) is 11.6 Å². The van der Waals surface area contributed by atoms with Crippen LogP contribution in [0.3, 0.4) is 0 Å². The molecule has 4 heteroatoms. The van der Waals surface area contributed by atoms with E-state index in [0.717, 1.165) is 51.1 Å². The average molecular weight is 759 g/mol. The van der Waals surface area contributed by atoms with Crippen LogP contribution in [0.25, 0.3) is 33.5 Å². The zero-order valence-electron chi connectivity index (χ0n) is 35.4. The topological polar surface area (TPSA) is 50.2 Å². The largest absolute Gasteiger partial charge is 0.325 e. The Hall–Kier alpha value is -6.13. The van der Waals surface area contributed by atoms with Crippen LogP contribution in [0.5, 0.6) is 0 Å². The third kappa shape index (κ3) is 8.02. The summed E-state index contributed by atoms with van der Waals surface area (Å²) in [5.41, 5.74) is 15.4. The Bertz CT molecular complexity index is 2630. The van der Waals surface area contributed by atoms with Crippen LogP contribution in [0.15, 0.2) is 157 Å². The highest BCUT2D eigenvalue weighted by Crippen LogP contribution is 2.46.